The molecule has 2 nitrogen and oxygen atoms in total. The van der Waals surface area contributed by atoms with Gasteiger partial charge in [0.1, 0.15) is 0 Å². The summed E-state index contributed by atoms with van der Waals surface area (Å²) in [6, 6.07) is 6.27. The lowest BCUT2D eigenvalue weighted by Crippen LogP contribution is -1.92. The third-order valence-electron chi connectivity index (χ3n) is 1.73. The molecule has 0 aliphatic rings. The Bertz CT molecular complexity index is 261. The van der Waals surface area contributed by atoms with E-state index in [2.05, 4.69) is 35.2 Å². The molecular weight excluding hydrogens is 168 g/mol. The van der Waals surface area contributed by atoms with Crippen molar-refractivity contribution in [2.24, 2.45) is 0 Å². The Labute approximate surface area is 77.9 Å². The number of benzene rings is 1. The van der Waals surface area contributed by atoms with Crippen LogP contribution in [0.5, 0.6) is 0 Å². The van der Waals surface area contributed by atoms with Crippen molar-refractivity contribution >= 4 is 23.3 Å². The lowest BCUT2D eigenvalue weighted by Gasteiger charge is -2.08. The van der Waals surface area contributed by atoms with Crippen LogP contribution in [0, 0.1) is 6.92 Å². The summed E-state index contributed by atoms with van der Waals surface area (Å²) < 4.78 is 3.22. The van der Waals surface area contributed by atoms with Crippen molar-refractivity contribution in [3.63, 3.8) is 0 Å². The summed E-state index contributed by atoms with van der Waals surface area (Å²) in [5.41, 5.74) is 3.59. The minimum Gasteiger partial charge on any atom is -0.388 e. The second-order valence-electron chi connectivity index (χ2n) is 2.59. The maximum Gasteiger partial charge on any atom is 0.0470 e. The molecule has 3 heteroatoms. The standard InChI is InChI=1S/C9H14N2S/c1-7-6-8(10-2)4-5-9(7)11-12-3/h4-6,10-11H,1-3H3. The highest BCUT2D eigenvalue weighted by Crippen LogP contribution is 2.20. The summed E-state index contributed by atoms with van der Waals surface area (Å²) in [5, 5.41) is 3.10. The molecule has 0 radical (unpaired) electrons. The van der Waals surface area contributed by atoms with E-state index in [0.29, 0.717) is 0 Å². The molecule has 0 unspecified atom stereocenters. The molecule has 0 heterocycles. The fourth-order valence-corrected chi connectivity index (χ4v) is 1.49. The minimum absolute atomic E-state index is 1.15. The van der Waals surface area contributed by atoms with Crippen LogP contribution in [-0.4, -0.2) is 13.3 Å². The molecule has 12 heavy (non-hydrogen) atoms. The van der Waals surface area contributed by atoms with E-state index in [-0.39, 0.29) is 0 Å². The van der Waals surface area contributed by atoms with Crippen molar-refractivity contribution < 1.29 is 0 Å². The van der Waals surface area contributed by atoms with Crippen molar-refractivity contribution in [3.8, 4) is 0 Å². The number of nitrogens with one attached hydrogen (secondary N) is 2. The molecule has 0 spiro atoms. The monoisotopic (exact) mass is 182 g/mol. The predicted molar refractivity (Wildman–Crippen MR) is 57.9 cm³/mol. The number of rotatable bonds is 3. The van der Waals surface area contributed by atoms with Gasteiger partial charge in [0.2, 0.25) is 0 Å². The molecule has 0 amide bonds. The summed E-state index contributed by atoms with van der Waals surface area (Å²) in [6.45, 7) is 2.10. The van der Waals surface area contributed by atoms with Crippen LogP contribution in [0.2, 0.25) is 0 Å². The summed E-state index contributed by atoms with van der Waals surface area (Å²) in [5.74, 6) is 0. The molecule has 2 N–H and O–H groups in total. The van der Waals surface area contributed by atoms with Crippen molar-refractivity contribution in [2.45, 2.75) is 6.92 Å². The quantitative estimate of drug-likeness (QED) is 0.703. The Morgan fingerprint density at radius 3 is 2.58 bits per heavy atom. The van der Waals surface area contributed by atoms with Crippen LogP contribution in [0.3, 0.4) is 0 Å². The molecule has 0 atom stereocenters. The SMILES string of the molecule is CNc1ccc(NSC)c(C)c1. The van der Waals surface area contributed by atoms with E-state index in [1.165, 1.54) is 11.3 Å². The highest BCUT2D eigenvalue weighted by Gasteiger charge is 1.96. The molecule has 0 saturated heterocycles. The van der Waals surface area contributed by atoms with Crippen LogP contribution < -0.4 is 10.0 Å². The van der Waals surface area contributed by atoms with Gasteiger partial charge in [0.05, 0.1) is 0 Å². The Morgan fingerprint density at radius 1 is 1.33 bits per heavy atom. The van der Waals surface area contributed by atoms with Gasteiger partial charge in [0.25, 0.3) is 0 Å². The van der Waals surface area contributed by atoms with Gasteiger partial charge in [-0.2, -0.15) is 0 Å². The first kappa shape index (κ1) is 9.26. The van der Waals surface area contributed by atoms with Gasteiger partial charge in [-0.25, -0.2) is 0 Å². The summed E-state index contributed by atoms with van der Waals surface area (Å²) in [7, 11) is 1.93. The topological polar surface area (TPSA) is 24.1 Å². The molecule has 0 bridgehead atoms. The van der Waals surface area contributed by atoms with Gasteiger partial charge < -0.3 is 10.0 Å². The van der Waals surface area contributed by atoms with E-state index in [1.807, 2.05) is 13.3 Å². The van der Waals surface area contributed by atoms with Crippen LogP contribution in [-0.2, 0) is 0 Å². The number of hydrogen-bond acceptors (Lipinski definition) is 3. The first-order valence-corrected chi connectivity index (χ1v) is 5.08. The molecule has 0 aromatic heterocycles. The van der Waals surface area contributed by atoms with E-state index in [1.54, 1.807) is 11.9 Å². The fraction of sp³-hybridized carbons (Fsp3) is 0.333. The summed E-state index contributed by atoms with van der Waals surface area (Å²) in [4.78, 5) is 0. The summed E-state index contributed by atoms with van der Waals surface area (Å²) in [6.07, 6.45) is 2.02. The third kappa shape index (κ3) is 2.08. The van der Waals surface area contributed by atoms with Crippen molar-refractivity contribution in [1.29, 1.82) is 0 Å². The zero-order valence-corrected chi connectivity index (χ0v) is 8.46. The van der Waals surface area contributed by atoms with E-state index in [0.717, 1.165) is 5.69 Å². The van der Waals surface area contributed by atoms with Crippen LogP contribution in [0.15, 0.2) is 18.2 Å². The zero-order valence-electron chi connectivity index (χ0n) is 7.64. The summed E-state index contributed by atoms with van der Waals surface area (Å²) >= 11 is 1.61. The highest BCUT2D eigenvalue weighted by atomic mass is 32.2. The van der Waals surface area contributed by atoms with Gasteiger partial charge in [-0.1, -0.05) is 11.9 Å². The fourth-order valence-electron chi connectivity index (χ4n) is 1.04. The molecule has 1 aromatic carbocycles. The average Bonchev–Trinajstić information content (AvgIpc) is 2.09. The zero-order chi connectivity index (χ0) is 8.97. The Hall–Kier alpha value is -0.830. The third-order valence-corrected chi connectivity index (χ3v) is 2.15. The van der Waals surface area contributed by atoms with Gasteiger partial charge in [-0.3, -0.25) is 0 Å². The molecule has 66 valence electrons. The first-order chi connectivity index (χ1) is 5.77. The molecule has 0 aliphatic heterocycles. The van der Waals surface area contributed by atoms with E-state index in [4.69, 9.17) is 0 Å². The second kappa shape index (κ2) is 4.26. The highest BCUT2D eigenvalue weighted by molar-refractivity contribution is 7.99. The van der Waals surface area contributed by atoms with Gasteiger partial charge in [0, 0.05) is 24.7 Å². The Balaban J connectivity index is 2.87. The van der Waals surface area contributed by atoms with Crippen LogP contribution in [0.4, 0.5) is 11.4 Å². The van der Waals surface area contributed by atoms with E-state index in [9.17, 15) is 0 Å². The number of hydrogen-bond donors (Lipinski definition) is 2. The minimum atomic E-state index is 1.15. The molecule has 0 fully saturated rings. The van der Waals surface area contributed by atoms with Crippen molar-refractivity contribution in [3.05, 3.63) is 23.8 Å². The average molecular weight is 182 g/mol. The Kier molecular flexibility index (Phi) is 3.29. The second-order valence-corrected chi connectivity index (χ2v) is 3.20. The number of aryl methyl sites for hydroxylation is 1. The van der Waals surface area contributed by atoms with Crippen LogP contribution in [0.1, 0.15) is 5.56 Å². The maximum absolute atomic E-state index is 3.22. The largest absolute Gasteiger partial charge is 0.388 e. The van der Waals surface area contributed by atoms with Crippen LogP contribution in [0.25, 0.3) is 0 Å². The van der Waals surface area contributed by atoms with Crippen molar-refractivity contribution in [2.75, 3.05) is 23.3 Å². The van der Waals surface area contributed by atoms with E-state index < -0.39 is 0 Å². The van der Waals surface area contributed by atoms with Gasteiger partial charge >= 0.3 is 0 Å². The molecule has 1 rings (SSSR count). The maximum atomic E-state index is 3.22. The molecule has 1 aromatic rings. The smallest absolute Gasteiger partial charge is 0.0470 e. The lowest BCUT2D eigenvalue weighted by molar-refractivity contribution is 1.43. The molecular formula is C9H14N2S. The number of anilines is 2. The normalized spacial score (nSPS) is 9.58. The van der Waals surface area contributed by atoms with Crippen LogP contribution >= 0.6 is 11.9 Å². The lowest BCUT2D eigenvalue weighted by atomic mass is 10.2. The van der Waals surface area contributed by atoms with Gasteiger partial charge in [-0.15, -0.1) is 0 Å². The predicted octanol–water partition coefficient (Wildman–Crippen LogP) is 2.73. The van der Waals surface area contributed by atoms with Crippen molar-refractivity contribution in [1.82, 2.24) is 0 Å². The first-order valence-electron chi connectivity index (χ1n) is 3.85. The Morgan fingerprint density at radius 2 is 2.08 bits per heavy atom. The van der Waals surface area contributed by atoms with Gasteiger partial charge in [0.15, 0.2) is 0 Å². The molecule has 0 saturated carbocycles. The molecule has 0 aliphatic carbocycles. The van der Waals surface area contributed by atoms with E-state index >= 15 is 0 Å². The van der Waals surface area contributed by atoms with Gasteiger partial charge in [-0.05, 0) is 30.7 Å².